The Balaban J connectivity index is 1.47. The molecule has 0 radical (unpaired) electrons. The van der Waals surface area contributed by atoms with Gasteiger partial charge in [-0.15, -0.1) is 0 Å². The second-order valence-electron chi connectivity index (χ2n) is 6.05. The second kappa shape index (κ2) is 8.02. The topological polar surface area (TPSA) is 123 Å². The summed E-state index contributed by atoms with van der Waals surface area (Å²) in [4.78, 5) is 12.3. The molecule has 0 spiro atoms. The quantitative estimate of drug-likeness (QED) is 0.510. The van der Waals surface area contributed by atoms with Gasteiger partial charge in [0.15, 0.2) is 0 Å². The zero-order valence-electron chi connectivity index (χ0n) is 15.4. The predicted molar refractivity (Wildman–Crippen MR) is 108 cm³/mol. The molecule has 0 atom stereocenters. The largest absolute Gasteiger partial charge is 0.439 e. The van der Waals surface area contributed by atoms with Gasteiger partial charge in [0, 0.05) is 24.1 Å². The third-order valence-electron chi connectivity index (χ3n) is 4.02. The van der Waals surface area contributed by atoms with Crippen LogP contribution in [-0.4, -0.2) is 27.9 Å². The molecule has 4 rings (SSSR count). The van der Waals surface area contributed by atoms with Crippen molar-refractivity contribution in [1.29, 1.82) is 5.26 Å². The molecule has 0 saturated heterocycles. The van der Waals surface area contributed by atoms with E-state index in [-0.39, 0.29) is 4.90 Å². The Morgan fingerprint density at radius 1 is 1.03 bits per heavy atom. The summed E-state index contributed by atoms with van der Waals surface area (Å²) in [5.74, 6) is 1.41. The maximum Gasteiger partial charge on any atom is 0.261 e. The summed E-state index contributed by atoms with van der Waals surface area (Å²) in [6.45, 7) is 0. The van der Waals surface area contributed by atoms with Crippen LogP contribution in [0.1, 0.15) is 5.56 Å². The molecule has 2 heterocycles. The molecule has 10 heteroatoms. The van der Waals surface area contributed by atoms with Crippen LogP contribution >= 0.6 is 0 Å². The lowest BCUT2D eigenvalue weighted by Gasteiger charge is -2.10. The minimum absolute atomic E-state index is 0.0647. The van der Waals surface area contributed by atoms with Crippen LogP contribution in [-0.2, 0) is 10.0 Å². The molecule has 0 aliphatic rings. The molecular weight excluding hydrogens is 404 g/mol. The summed E-state index contributed by atoms with van der Waals surface area (Å²) < 4.78 is 34.9. The summed E-state index contributed by atoms with van der Waals surface area (Å²) in [5.41, 5.74) is 0.755. The fourth-order valence-corrected chi connectivity index (χ4v) is 3.61. The standard InChI is InChI=1S/C20H14N6O3S/c21-12-15-1-7-18(8-2-15)30(27,28)25-16-3-5-17(6-4-16)29-20-11-19(23-13-24-20)26-10-9-22-14-26/h1-11,13-14,25H. The van der Waals surface area contributed by atoms with E-state index in [4.69, 9.17) is 10.00 Å². The number of nitriles is 1. The number of anilines is 1. The first-order valence-electron chi connectivity index (χ1n) is 8.65. The molecule has 4 aromatic rings. The molecule has 0 aliphatic heterocycles. The van der Waals surface area contributed by atoms with Crippen molar-refractivity contribution in [2.75, 3.05) is 4.72 Å². The fraction of sp³-hybridized carbons (Fsp3) is 0. The van der Waals surface area contributed by atoms with Gasteiger partial charge in [-0.05, 0) is 48.5 Å². The van der Waals surface area contributed by atoms with Crippen molar-refractivity contribution >= 4 is 15.7 Å². The summed E-state index contributed by atoms with van der Waals surface area (Å²) in [6, 6.07) is 15.7. The van der Waals surface area contributed by atoms with Gasteiger partial charge in [0.2, 0.25) is 5.88 Å². The Bertz CT molecular complexity index is 1300. The summed E-state index contributed by atoms with van der Waals surface area (Å²) >= 11 is 0. The van der Waals surface area contributed by atoms with Gasteiger partial charge in [0.25, 0.3) is 10.0 Å². The molecule has 2 aromatic heterocycles. The Morgan fingerprint density at radius 2 is 1.80 bits per heavy atom. The summed E-state index contributed by atoms with van der Waals surface area (Å²) in [7, 11) is -3.77. The van der Waals surface area contributed by atoms with Crippen LogP contribution in [0.25, 0.3) is 5.82 Å². The molecule has 0 bridgehead atoms. The second-order valence-corrected chi connectivity index (χ2v) is 7.73. The predicted octanol–water partition coefficient (Wildman–Crippen LogP) is 3.13. The molecule has 1 N–H and O–H groups in total. The molecule has 2 aromatic carbocycles. The summed E-state index contributed by atoms with van der Waals surface area (Å²) in [6.07, 6.45) is 6.38. The maximum atomic E-state index is 12.5. The van der Waals surface area contributed by atoms with Gasteiger partial charge in [0.1, 0.15) is 24.2 Å². The van der Waals surface area contributed by atoms with Crippen LogP contribution in [0, 0.1) is 11.3 Å². The highest BCUT2D eigenvalue weighted by molar-refractivity contribution is 7.92. The van der Waals surface area contributed by atoms with Gasteiger partial charge in [-0.3, -0.25) is 9.29 Å². The average Bonchev–Trinajstić information content (AvgIpc) is 3.30. The van der Waals surface area contributed by atoms with E-state index in [1.54, 1.807) is 53.6 Å². The number of nitrogens with one attached hydrogen (secondary N) is 1. The monoisotopic (exact) mass is 418 g/mol. The van der Waals surface area contributed by atoms with E-state index in [0.29, 0.717) is 28.7 Å². The van der Waals surface area contributed by atoms with Crippen molar-refractivity contribution in [3.63, 3.8) is 0 Å². The van der Waals surface area contributed by atoms with E-state index in [2.05, 4.69) is 19.7 Å². The van der Waals surface area contributed by atoms with Gasteiger partial charge in [-0.1, -0.05) is 0 Å². The normalized spacial score (nSPS) is 10.9. The van der Waals surface area contributed by atoms with Crippen LogP contribution in [0.15, 0.2) is 84.5 Å². The zero-order valence-corrected chi connectivity index (χ0v) is 16.2. The number of ether oxygens (including phenoxy) is 1. The summed E-state index contributed by atoms with van der Waals surface area (Å²) in [5, 5.41) is 8.82. The van der Waals surface area contributed by atoms with Crippen LogP contribution < -0.4 is 9.46 Å². The van der Waals surface area contributed by atoms with Gasteiger partial charge in [-0.25, -0.2) is 23.4 Å². The van der Waals surface area contributed by atoms with Crippen molar-refractivity contribution in [3.05, 3.63) is 85.2 Å². The number of hydrogen-bond donors (Lipinski definition) is 1. The first kappa shape index (κ1) is 19.1. The first-order valence-corrected chi connectivity index (χ1v) is 10.1. The van der Waals surface area contributed by atoms with Gasteiger partial charge in [0.05, 0.1) is 16.5 Å². The van der Waals surface area contributed by atoms with Crippen LogP contribution in [0.2, 0.25) is 0 Å². The van der Waals surface area contributed by atoms with Crippen molar-refractivity contribution in [3.8, 4) is 23.5 Å². The van der Waals surface area contributed by atoms with Crippen molar-refractivity contribution in [2.45, 2.75) is 4.90 Å². The zero-order chi connectivity index (χ0) is 21.0. The number of sulfonamides is 1. The highest BCUT2D eigenvalue weighted by atomic mass is 32.2. The Morgan fingerprint density at radius 3 is 2.47 bits per heavy atom. The van der Waals surface area contributed by atoms with Crippen molar-refractivity contribution in [2.24, 2.45) is 0 Å². The number of imidazole rings is 1. The molecular formula is C20H14N6O3S. The Labute approximate surface area is 172 Å². The number of nitrogens with zero attached hydrogens (tertiary/aromatic N) is 5. The third-order valence-corrected chi connectivity index (χ3v) is 5.42. The molecule has 0 unspecified atom stereocenters. The third kappa shape index (κ3) is 4.26. The SMILES string of the molecule is N#Cc1ccc(S(=O)(=O)Nc2ccc(Oc3cc(-n4ccnc4)ncn3)cc2)cc1. The van der Waals surface area contributed by atoms with Gasteiger partial charge < -0.3 is 4.74 Å². The number of rotatable bonds is 6. The van der Waals surface area contributed by atoms with Crippen LogP contribution in [0.5, 0.6) is 11.6 Å². The molecule has 0 fully saturated rings. The lowest BCUT2D eigenvalue weighted by atomic mass is 10.2. The average molecular weight is 418 g/mol. The lowest BCUT2D eigenvalue weighted by molar-refractivity contribution is 0.461. The van der Waals surface area contributed by atoms with Gasteiger partial charge in [-0.2, -0.15) is 5.26 Å². The number of aromatic nitrogens is 4. The molecule has 0 amide bonds. The molecule has 30 heavy (non-hydrogen) atoms. The van der Waals surface area contributed by atoms with E-state index < -0.39 is 10.0 Å². The van der Waals surface area contributed by atoms with E-state index in [0.717, 1.165) is 0 Å². The van der Waals surface area contributed by atoms with E-state index in [1.165, 1.54) is 30.6 Å². The molecule has 148 valence electrons. The first-order chi connectivity index (χ1) is 14.5. The van der Waals surface area contributed by atoms with Crippen LogP contribution in [0.4, 0.5) is 5.69 Å². The molecule has 0 aliphatic carbocycles. The Hall–Kier alpha value is -4.23. The minimum Gasteiger partial charge on any atom is -0.439 e. The maximum absolute atomic E-state index is 12.5. The molecule has 0 saturated carbocycles. The Kier molecular flexibility index (Phi) is 5.11. The smallest absolute Gasteiger partial charge is 0.261 e. The van der Waals surface area contributed by atoms with Gasteiger partial charge >= 0.3 is 0 Å². The number of hydrogen-bond acceptors (Lipinski definition) is 7. The fourth-order valence-electron chi connectivity index (χ4n) is 2.56. The van der Waals surface area contributed by atoms with Crippen LogP contribution in [0.3, 0.4) is 0 Å². The highest BCUT2D eigenvalue weighted by Crippen LogP contribution is 2.24. The van der Waals surface area contributed by atoms with E-state index in [1.807, 2.05) is 6.07 Å². The van der Waals surface area contributed by atoms with Crippen molar-refractivity contribution in [1.82, 2.24) is 19.5 Å². The van der Waals surface area contributed by atoms with Crippen molar-refractivity contribution < 1.29 is 13.2 Å². The molecule has 9 nitrogen and oxygen atoms in total. The van der Waals surface area contributed by atoms with E-state index in [9.17, 15) is 8.42 Å². The van der Waals surface area contributed by atoms with E-state index >= 15 is 0 Å². The minimum atomic E-state index is -3.77. The highest BCUT2D eigenvalue weighted by Gasteiger charge is 2.14. The lowest BCUT2D eigenvalue weighted by Crippen LogP contribution is -2.12. The number of benzene rings is 2.